The number of hydrogen-bond acceptors (Lipinski definition) is 5. The van der Waals surface area contributed by atoms with Crippen LogP contribution in [0.5, 0.6) is 11.5 Å². The monoisotopic (exact) mass is 377 g/mol. The van der Waals surface area contributed by atoms with Crippen molar-refractivity contribution in [2.75, 3.05) is 14.2 Å². The lowest BCUT2D eigenvalue weighted by Crippen LogP contribution is -2.24. The molecule has 4 rings (SSSR count). The predicted octanol–water partition coefficient (Wildman–Crippen LogP) is 2.49. The highest BCUT2D eigenvalue weighted by molar-refractivity contribution is 5.71. The topological polar surface area (TPSA) is 87.0 Å². The van der Waals surface area contributed by atoms with Gasteiger partial charge in [0.15, 0.2) is 0 Å². The first kappa shape index (κ1) is 17.6. The molecule has 8 nitrogen and oxygen atoms in total. The van der Waals surface area contributed by atoms with Crippen molar-refractivity contribution in [2.24, 2.45) is 0 Å². The van der Waals surface area contributed by atoms with Gasteiger partial charge < -0.3 is 9.47 Å². The van der Waals surface area contributed by atoms with Gasteiger partial charge in [-0.15, -0.1) is 0 Å². The van der Waals surface area contributed by atoms with E-state index in [1.807, 2.05) is 36.4 Å². The maximum atomic E-state index is 12.8. The largest absolute Gasteiger partial charge is 0.497 e. The Morgan fingerprint density at radius 3 is 2.75 bits per heavy atom. The summed E-state index contributed by atoms with van der Waals surface area (Å²) < 4.78 is 13.6. The lowest BCUT2D eigenvalue weighted by atomic mass is 10.1. The molecule has 0 saturated carbocycles. The summed E-state index contributed by atoms with van der Waals surface area (Å²) >= 11 is 0. The number of rotatable bonds is 6. The van der Waals surface area contributed by atoms with E-state index < -0.39 is 0 Å². The number of nitrogens with zero attached hydrogens (tertiary/aromatic N) is 4. The Bertz CT molecular complexity index is 1140. The van der Waals surface area contributed by atoms with Gasteiger partial charge in [0, 0.05) is 23.4 Å². The van der Waals surface area contributed by atoms with Crippen LogP contribution >= 0.6 is 0 Å². The van der Waals surface area contributed by atoms with Crippen molar-refractivity contribution in [3.63, 3.8) is 0 Å². The van der Waals surface area contributed by atoms with Gasteiger partial charge in [0.2, 0.25) is 0 Å². The lowest BCUT2D eigenvalue weighted by Gasteiger charge is -2.09. The molecule has 0 aliphatic rings. The second kappa shape index (κ2) is 7.43. The molecule has 2 aromatic heterocycles. The summed E-state index contributed by atoms with van der Waals surface area (Å²) in [6.45, 7) is 0.354. The zero-order valence-electron chi connectivity index (χ0n) is 15.5. The van der Waals surface area contributed by atoms with Crippen LogP contribution in [-0.2, 0) is 6.54 Å². The molecule has 0 amide bonds. The van der Waals surface area contributed by atoms with E-state index in [0.717, 1.165) is 22.4 Å². The van der Waals surface area contributed by atoms with Gasteiger partial charge in [-0.3, -0.25) is 5.10 Å². The Labute approximate surface area is 161 Å². The number of aromatic nitrogens is 5. The summed E-state index contributed by atoms with van der Waals surface area (Å²) in [6.07, 6.45) is 5.01. The zero-order valence-corrected chi connectivity index (χ0v) is 15.5. The highest BCUT2D eigenvalue weighted by Gasteiger charge is 2.12. The maximum absolute atomic E-state index is 12.8. The number of H-pyrrole nitrogens is 1. The maximum Gasteiger partial charge on any atom is 0.350 e. The van der Waals surface area contributed by atoms with Crippen LogP contribution in [0.2, 0.25) is 0 Å². The van der Waals surface area contributed by atoms with E-state index in [9.17, 15) is 4.79 Å². The van der Waals surface area contributed by atoms with Crippen LogP contribution in [0.15, 0.2) is 66.0 Å². The molecule has 0 spiro atoms. The predicted molar refractivity (Wildman–Crippen MR) is 104 cm³/mol. The van der Waals surface area contributed by atoms with Crippen molar-refractivity contribution < 1.29 is 9.47 Å². The lowest BCUT2D eigenvalue weighted by molar-refractivity contribution is 0.414. The second-order valence-electron chi connectivity index (χ2n) is 6.16. The first-order valence-corrected chi connectivity index (χ1v) is 8.64. The average Bonchev–Trinajstić information content (AvgIpc) is 3.38. The summed E-state index contributed by atoms with van der Waals surface area (Å²) in [5.74, 6) is 1.39. The Kier molecular flexibility index (Phi) is 4.67. The molecular formula is C20H19N5O3. The van der Waals surface area contributed by atoms with E-state index >= 15 is 0 Å². The first-order valence-electron chi connectivity index (χ1n) is 8.64. The van der Waals surface area contributed by atoms with Gasteiger partial charge in [-0.2, -0.15) is 10.2 Å². The van der Waals surface area contributed by atoms with E-state index in [2.05, 4.69) is 15.3 Å². The van der Waals surface area contributed by atoms with Crippen LogP contribution in [-0.4, -0.2) is 38.8 Å². The smallest absolute Gasteiger partial charge is 0.350 e. The molecule has 0 aliphatic carbocycles. The SMILES string of the molecule is COc1cccc(Cn2ncn(-c3ccc(-c4cn[nH]c4)c(OC)c3)c2=O)c1. The van der Waals surface area contributed by atoms with Gasteiger partial charge in [-0.1, -0.05) is 12.1 Å². The highest BCUT2D eigenvalue weighted by Crippen LogP contribution is 2.30. The van der Waals surface area contributed by atoms with Crippen LogP contribution in [0.4, 0.5) is 0 Å². The molecule has 0 saturated heterocycles. The molecule has 2 heterocycles. The molecule has 1 N–H and O–H groups in total. The Hall–Kier alpha value is -3.81. The van der Waals surface area contributed by atoms with Crippen LogP contribution in [0, 0.1) is 0 Å². The Morgan fingerprint density at radius 2 is 2.00 bits per heavy atom. The van der Waals surface area contributed by atoms with Gasteiger partial charge in [-0.05, 0) is 29.8 Å². The van der Waals surface area contributed by atoms with Crippen LogP contribution in [0.1, 0.15) is 5.56 Å². The normalized spacial score (nSPS) is 10.8. The fraction of sp³-hybridized carbons (Fsp3) is 0.150. The van der Waals surface area contributed by atoms with Crippen molar-refractivity contribution in [3.05, 3.63) is 77.2 Å². The van der Waals surface area contributed by atoms with Crippen LogP contribution in [0.25, 0.3) is 16.8 Å². The third kappa shape index (κ3) is 3.27. The molecule has 0 atom stereocenters. The zero-order chi connectivity index (χ0) is 19.5. The molecule has 0 aliphatic heterocycles. The third-order valence-corrected chi connectivity index (χ3v) is 4.47. The van der Waals surface area contributed by atoms with E-state index in [4.69, 9.17) is 9.47 Å². The standard InChI is InChI=1S/C20H19N5O3/c1-27-17-5-3-4-14(8-17)12-25-20(26)24(13-23-25)16-6-7-18(19(9-16)28-2)15-10-21-22-11-15/h3-11,13H,12H2,1-2H3,(H,21,22). The summed E-state index contributed by atoms with van der Waals surface area (Å²) in [5.41, 5.74) is 3.16. The Balaban J connectivity index is 1.66. The number of aromatic amines is 1. The van der Waals surface area contributed by atoms with E-state index in [0.29, 0.717) is 18.0 Å². The minimum Gasteiger partial charge on any atom is -0.497 e. The Morgan fingerprint density at radius 1 is 1.11 bits per heavy atom. The fourth-order valence-electron chi connectivity index (χ4n) is 3.03. The molecule has 28 heavy (non-hydrogen) atoms. The third-order valence-electron chi connectivity index (χ3n) is 4.47. The molecular weight excluding hydrogens is 358 g/mol. The number of methoxy groups -OCH3 is 2. The molecule has 0 bridgehead atoms. The molecule has 0 unspecified atom stereocenters. The molecule has 0 fully saturated rings. The fourth-order valence-corrected chi connectivity index (χ4v) is 3.03. The molecule has 4 aromatic rings. The first-order chi connectivity index (χ1) is 13.7. The van der Waals surface area contributed by atoms with Gasteiger partial charge in [-0.25, -0.2) is 14.0 Å². The van der Waals surface area contributed by atoms with Crippen LogP contribution in [0.3, 0.4) is 0 Å². The molecule has 142 valence electrons. The van der Waals surface area contributed by atoms with Crippen molar-refractivity contribution in [2.45, 2.75) is 6.54 Å². The van der Waals surface area contributed by atoms with Gasteiger partial charge in [0.1, 0.15) is 17.8 Å². The number of ether oxygens (including phenoxy) is 2. The van der Waals surface area contributed by atoms with Gasteiger partial charge >= 0.3 is 5.69 Å². The minimum atomic E-state index is -0.235. The van der Waals surface area contributed by atoms with Gasteiger partial charge in [0.05, 0.1) is 32.6 Å². The number of hydrogen-bond donors (Lipinski definition) is 1. The quantitative estimate of drug-likeness (QED) is 0.558. The number of benzene rings is 2. The van der Waals surface area contributed by atoms with Gasteiger partial charge in [0.25, 0.3) is 0 Å². The second-order valence-corrected chi connectivity index (χ2v) is 6.16. The van der Waals surface area contributed by atoms with Crippen molar-refractivity contribution in [3.8, 4) is 28.3 Å². The van der Waals surface area contributed by atoms with E-state index in [-0.39, 0.29) is 5.69 Å². The van der Waals surface area contributed by atoms with Crippen LogP contribution < -0.4 is 15.2 Å². The summed E-state index contributed by atoms with van der Waals surface area (Å²) in [5, 5.41) is 11.0. The van der Waals surface area contributed by atoms with E-state index in [1.165, 1.54) is 15.6 Å². The number of nitrogens with one attached hydrogen (secondary N) is 1. The average molecular weight is 377 g/mol. The molecule has 2 aromatic carbocycles. The summed E-state index contributed by atoms with van der Waals surface area (Å²) in [4.78, 5) is 12.8. The van der Waals surface area contributed by atoms with Crippen molar-refractivity contribution >= 4 is 0 Å². The minimum absolute atomic E-state index is 0.235. The molecule has 0 radical (unpaired) electrons. The summed E-state index contributed by atoms with van der Waals surface area (Å²) in [6, 6.07) is 13.1. The van der Waals surface area contributed by atoms with Crippen molar-refractivity contribution in [1.29, 1.82) is 0 Å². The van der Waals surface area contributed by atoms with E-state index in [1.54, 1.807) is 32.7 Å². The highest BCUT2D eigenvalue weighted by atomic mass is 16.5. The summed E-state index contributed by atoms with van der Waals surface area (Å²) in [7, 11) is 3.21. The molecule has 8 heteroatoms. The van der Waals surface area contributed by atoms with Crippen molar-refractivity contribution in [1.82, 2.24) is 24.5 Å².